The van der Waals surface area contributed by atoms with Crippen molar-refractivity contribution in [2.45, 2.75) is 20.0 Å². The van der Waals surface area contributed by atoms with Crippen molar-refractivity contribution in [2.75, 3.05) is 6.61 Å². The SMILES string of the molecule is CCOC(=O)[C@H](C)Oc1ccccc1C=Nn1c(=O)[nH]c2ccccc2c1=O. The topological polar surface area (TPSA) is 103 Å². The van der Waals surface area contributed by atoms with Crippen molar-refractivity contribution in [2.24, 2.45) is 5.10 Å². The molecule has 1 heterocycles. The van der Waals surface area contributed by atoms with Gasteiger partial charge < -0.3 is 14.5 Å². The number of nitrogens with zero attached hydrogens (tertiary/aromatic N) is 2. The van der Waals surface area contributed by atoms with Gasteiger partial charge in [0.2, 0.25) is 0 Å². The standard InChI is InChI=1S/C20H19N3O5/c1-3-27-19(25)13(2)28-17-11-7-4-8-14(17)12-21-23-18(24)15-9-5-6-10-16(15)22-20(23)26/h4-13H,3H2,1-2H3,(H,22,26)/t13-/m0/s1. The van der Waals surface area contributed by atoms with Crippen LogP contribution in [0.25, 0.3) is 10.9 Å². The molecule has 3 aromatic rings. The first-order chi connectivity index (χ1) is 13.5. The van der Waals surface area contributed by atoms with E-state index in [-0.39, 0.29) is 6.61 Å². The molecular formula is C20H19N3O5. The van der Waals surface area contributed by atoms with E-state index in [1.165, 1.54) is 6.21 Å². The highest BCUT2D eigenvalue weighted by Crippen LogP contribution is 2.18. The van der Waals surface area contributed by atoms with Gasteiger partial charge in [0, 0.05) is 5.56 Å². The zero-order valence-electron chi connectivity index (χ0n) is 15.4. The molecule has 144 valence electrons. The summed E-state index contributed by atoms with van der Waals surface area (Å²) in [6.45, 7) is 3.54. The summed E-state index contributed by atoms with van der Waals surface area (Å²) in [5, 5.41) is 4.36. The van der Waals surface area contributed by atoms with Crippen LogP contribution in [-0.2, 0) is 9.53 Å². The van der Waals surface area contributed by atoms with Crippen molar-refractivity contribution >= 4 is 23.1 Å². The maximum Gasteiger partial charge on any atom is 0.349 e. The van der Waals surface area contributed by atoms with E-state index in [1.54, 1.807) is 62.4 Å². The molecule has 1 atom stereocenters. The second-order valence-corrected chi connectivity index (χ2v) is 5.89. The van der Waals surface area contributed by atoms with Gasteiger partial charge in [0.25, 0.3) is 5.56 Å². The molecule has 0 spiro atoms. The predicted molar refractivity (Wildman–Crippen MR) is 105 cm³/mol. The summed E-state index contributed by atoms with van der Waals surface area (Å²) in [6.07, 6.45) is 0.514. The highest BCUT2D eigenvalue weighted by Gasteiger charge is 2.17. The van der Waals surface area contributed by atoms with E-state index in [0.717, 1.165) is 4.68 Å². The van der Waals surface area contributed by atoms with E-state index in [9.17, 15) is 14.4 Å². The summed E-state index contributed by atoms with van der Waals surface area (Å²) in [5.74, 6) is -0.117. The molecule has 0 saturated carbocycles. The molecule has 0 aliphatic rings. The van der Waals surface area contributed by atoms with Gasteiger partial charge in [0.1, 0.15) is 5.75 Å². The summed E-state index contributed by atoms with van der Waals surface area (Å²) in [4.78, 5) is 39.1. The number of carbonyl (C=O) groups excluding carboxylic acids is 1. The lowest BCUT2D eigenvalue weighted by Gasteiger charge is -2.14. The number of hydrogen-bond donors (Lipinski definition) is 1. The van der Waals surface area contributed by atoms with Crippen molar-refractivity contribution in [1.29, 1.82) is 0 Å². The Morgan fingerprint density at radius 3 is 2.68 bits per heavy atom. The van der Waals surface area contributed by atoms with Crippen LogP contribution >= 0.6 is 0 Å². The molecule has 0 saturated heterocycles. The second kappa shape index (κ2) is 8.34. The number of esters is 1. The second-order valence-electron chi connectivity index (χ2n) is 5.89. The van der Waals surface area contributed by atoms with Crippen molar-refractivity contribution in [3.8, 4) is 5.75 Å². The fourth-order valence-electron chi connectivity index (χ4n) is 2.57. The fraction of sp³-hybridized carbons (Fsp3) is 0.200. The first kappa shape index (κ1) is 19.1. The van der Waals surface area contributed by atoms with Gasteiger partial charge in [-0.1, -0.05) is 24.3 Å². The van der Waals surface area contributed by atoms with Crippen LogP contribution in [0.4, 0.5) is 0 Å². The summed E-state index contributed by atoms with van der Waals surface area (Å²) in [5.41, 5.74) is -0.249. The van der Waals surface area contributed by atoms with Gasteiger partial charge in [0.05, 0.1) is 23.7 Å². The Hall–Kier alpha value is -3.68. The maximum absolute atomic E-state index is 12.5. The van der Waals surface area contributed by atoms with Gasteiger partial charge in [-0.05, 0) is 38.1 Å². The molecule has 3 rings (SSSR count). The molecule has 0 radical (unpaired) electrons. The highest BCUT2D eigenvalue weighted by atomic mass is 16.6. The minimum absolute atomic E-state index is 0.253. The molecule has 0 aliphatic heterocycles. The number of rotatable bonds is 6. The largest absolute Gasteiger partial charge is 0.478 e. The molecule has 0 aliphatic carbocycles. The fourth-order valence-corrected chi connectivity index (χ4v) is 2.57. The van der Waals surface area contributed by atoms with E-state index in [4.69, 9.17) is 9.47 Å². The van der Waals surface area contributed by atoms with Crippen LogP contribution in [0.3, 0.4) is 0 Å². The number of H-pyrrole nitrogens is 1. The van der Waals surface area contributed by atoms with Crippen LogP contribution in [0.1, 0.15) is 19.4 Å². The number of carbonyl (C=O) groups is 1. The number of aromatic nitrogens is 2. The number of ether oxygens (including phenoxy) is 2. The number of para-hydroxylation sites is 2. The number of nitrogens with one attached hydrogen (secondary N) is 1. The molecule has 28 heavy (non-hydrogen) atoms. The molecule has 0 fully saturated rings. The molecule has 2 aromatic carbocycles. The van der Waals surface area contributed by atoms with Gasteiger partial charge in [0.15, 0.2) is 6.10 Å². The Morgan fingerprint density at radius 1 is 1.18 bits per heavy atom. The quantitative estimate of drug-likeness (QED) is 0.519. The predicted octanol–water partition coefficient (Wildman–Crippen LogP) is 1.90. The minimum atomic E-state index is -0.818. The molecule has 8 heteroatoms. The van der Waals surface area contributed by atoms with E-state index in [1.807, 2.05) is 0 Å². The summed E-state index contributed by atoms with van der Waals surface area (Å²) in [7, 11) is 0. The van der Waals surface area contributed by atoms with Gasteiger partial charge in [-0.25, -0.2) is 9.59 Å². The number of benzene rings is 2. The Morgan fingerprint density at radius 2 is 1.89 bits per heavy atom. The van der Waals surface area contributed by atoms with E-state index >= 15 is 0 Å². The monoisotopic (exact) mass is 381 g/mol. The van der Waals surface area contributed by atoms with E-state index in [0.29, 0.717) is 22.2 Å². The summed E-state index contributed by atoms with van der Waals surface area (Å²) >= 11 is 0. The summed E-state index contributed by atoms with van der Waals surface area (Å²) in [6, 6.07) is 13.5. The van der Waals surface area contributed by atoms with Crippen molar-refractivity contribution in [3.05, 3.63) is 74.9 Å². The lowest BCUT2D eigenvalue weighted by molar-refractivity contribution is -0.150. The van der Waals surface area contributed by atoms with Crippen molar-refractivity contribution < 1.29 is 14.3 Å². The molecule has 0 amide bonds. The van der Waals surface area contributed by atoms with Crippen LogP contribution in [0.5, 0.6) is 5.75 Å². The molecule has 0 unspecified atom stereocenters. The smallest absolute Gasteiger partial charge is 0.349 e. The van der Waals surface area contributed by atoms with E-state index in [2.05, 4.69) is 10.1 Å². The Bertz CT molecular complexity index is 1150. The Labute approximate surface area is 160 Å². The molecular weight excluding hydrogens is 362 g/mol. The van der Waals surface area contributed by atoms with Crippen LogP contribution < -0.4 is 16.0 Å². The lowest BCUT2D eigenvalue weighted by atomic mass is 10.2. The molecule has 0 bridgehead atoms. The third-order valence-electron chi connectivity index (χ3n) is 3.94. The van der Waals surface area contributed by atoms with Crippen molar-refractivity contribution in [1.82, 2.24) is 9.66 Å². The van der Waals surface area contributed by atoms with Crippen LogP contribution in [0, 0.1) is 0 Å². The Kier molecular flexibility index (Phi) is 5.69. The number of hydrogen-bond acceptors (Lipinski definition) is 6. The zero-order chi connectivity index (χ0) is 20.1. The third-order valence-corrected chi connectivity index (χ3v) is 3.94. The van der Waals surface area contributed by atoms with Gasteiger partial charge >= 0.3 is 11.7 Å². The Balaban J connectivity index is 1.94. The van der Waals surface area contributed by atoms with Crippen LogP contribution in [0.15, 0.2) is 63.2 Å². The maximum atomic E-state index is 12.5. The number of fused-ring (bicyclic) bond motifs is 1. The average Bonchev–Trinajstić information content (AvgIpc) is 2.69. The van der Waals surface area contributed by atoms with E-state index < -0.39 is 23.3 Å². The first-order valence-electron chi connectivity index (χ1n) is 8.72. The first-order valence-corrected chi connectivity index (χ1v) is 8.72. The normalized spacial score (nSPS) is 12.2. The van der Waals surface area contributed by atoms with Crippen LogP contribution in [0.2, 0.25) is 0 Å². The lowest BCUT2D eigenvalue weighted by Crippen LogP contribution is -2.32. The van der Waals surface area contributed by atoms with Gasteiger partial charge in [-0.15, -0.1) is 4.68 Å². The third kappa shape index (κ3) is 4.01. The van der Waals surface area contributed by atoms with Crippen LogP contribution in [-0.4, -0.2) is 34.6 Å². The minimum Gasteiger partial charge on any atom is -0.478 e. The molecule has 8 nitrogen and oxygen atoms in total. The average molecular weight is 381 g/mol. The molecule has 1 aromatic heterocycles. The zero-order valence-corrected chi connectivity index (χ0v) is 15.4. The van der Waals surface area contributed by atoms with Crippen molar-refractivity contribution in [3.63, 3.8) is 0 Å². The van der Waals surface area contributed by atoms with Gasteiger partial charge in [-0.2, -0.15) is 5.10 Å². The van der Waals surface area contributed by atoms with Gasteiger partial charge in [-0.3, -0.25) is 4.79 Å². The summed E-state index contributed by atoms with van der Waals surface area (Å²) < 4.78 is 11.3. The molecule has 1 N–H and O–H groups in total. The number of aromatic amines is 1. The highest BCUT2D eigenvalue weighted by molar-refractivity contribution is 5.84.